The standard InChI is InChI=1S/C14H17N3/c1-11-5-7-16-9-14(11)10-17-12(2)13-4-3-6-15-8-13/h3-9,12,17H,10H2,1-2H3/t12-/m1/s1. The molecule has 0 unspecified atom stereocenters. The van der Waals surface area contributed by atoms with Crippen LogP contribution in [-0.4, -0.2) is 9.97 Å². The van der Waals surface area contributed by atoms with Gasteiger partial charge in [-0.25, -0.2) is 0 Å². The fraction of sp³-hybridized carbons (Fsp3) is 0.286. The van der Waals surface area contributed by atoms with Crippen LogP contribution in [0.3, 0.4) is 0 Å². The second kappa shape index (κ2) is 5.55. The lowest BCUT2D eigenvalue weighted by Crippen LogP contribution is -2.18. The Bertz CT molecular complexity index is 468. The van der Waals surface area contributed by atoms with E-state index < -0.39 is 0 Å². The van der Waals surface area contributed by atoms with Gasteiger partial charge >= 0.3 is 0 Å². The second-order valence-electron chi connectivity index (χ2n) is 4.19. The SMILES string of the molecule is Cc1ccncc1CN[C@H](C)c1cccnc1. The molecule has 0 saturated carbocycles. The molecule has 0 radical (unpaired) electrons. The average Bonchev–Trinajstić information content (AvgIpc) is 2.38. The van der Waals surface area contributed by atoms with E-state index in [1.54, 1.807) is 6.20 Å². The van der Waals surface area contributed by atoms with Crippen LogP contribution in [0.25, 0.3) is 0 Å². The number of hydrogen-bond acceptors (Lipinski definition) is 3. The van der Waals surface area contributed by atoms with Crippen molar-refractivity contribution in [1.82, 2.24) is 15.3 Å². The summed E-state index contributed by atoms with van der Waals surface area (Å²) in [6.07, 6.45) is 7.43. The summed E-state index contributed by atoms with van der Waals surface area (Å²) in [6, 6.07) is 6.37. The van der Waals surface area contributed by atoms with Crippen molar-refractivity contribution in [2.24, 2.45) is 0 Å². The minimum absolute atomic E-state index is 0.295. The number of nitrogens with zero attached hydrogens (tertiary/aromatic N) is 2. The Balaban J connectivity index is 1.97. The number of aromatic nitrogens is 2. The molecule has 2 aromatic rings. The zero-order chi connectivity index (χ0) is 12.1. The van der Waals surface area contributed by atoms with E-state index in [2.05, 4.69) is 35.2 Å². The zero-order valence-electron chi connectivity index (χ0n) is 10.2. The average molecular weight is 227 g/mol. The van der Waals surface area contributed by atoms with E-state index >= 15 is 0 Å². The molecule has 3 nitrogen and oxygen atoms in total. The normalized spacial score (nSPS) is 12.4. The van der Waals surface area contributed by atoms with E-state index in [9.17, 15) is 0 Å². The highest BCUT2D eigenvalue weighted by molar-refractivity contribution is 5.21. The van der Waals surface area contributed by atoms with Gasteiger partial charge in [0.25, 0.3) is 0 Å². The first kappa shape index (κ1) is 11.7. The van der Waals surface area contributed by atoms with Crippen LogP contribution in [0.4, 0.5) is 0 Å². The highest BCUT2D eigenvalue weighted by atomic mass is 14.9. The van der Waals surface area contributed by atoms with Gasteiger partial charge in [0, 0.05) is 37.4 Å². The summed E-state index contributed by atoms with van der Waals surface area (Å²) < 4.78 is 0. The Morgan fingerprint density at radius 2 is 2.00 bits per heavy atom. The second-order valence-corrected chi connectivity index (χ2v) is 4.19. The molecule has 0 aromatic carbocycles. The Morgan fingerprint density at radius 1 is 1.18 bits per heavy atom. The maximum atomic E-state index is 4.14. The lowest BCUT2D eigenvalue weighted by Gasteiger charge is -2.14. The summed E-state index contributed by atoms with van der Waals surface area (Å²) >= 11 is 0. The molecule has 0 spiro atoms. The lowest BCUT2D eigenvalue weighted by molar-refractivity contribution is 0.571. The van der Waals surface area contributed by atoms with Crippen LogP contribution in [0.1, 0.15) is 29.7 Å². The monoisotopic (exact) mass is 227 g/mol. The molecule has 3 heteroatoms. The molecular formula is C14H17N3. The fourth-order valence-electron chi connectivity index (χ4n) is 1.69. The Morgan fingerprint density at radius 3 is 2.71 bits per heavy atom. The number of hydrogen-bond donors (Lipinski definition) is 1. The van der Waals surface area contributed by atoms with Crippen LogP contribution in [0.5, 0.6) is 0 Å². The molecule has 0 aliphatic carbocycles. The maximum absolute atomic E-state index is 4.14. The van der Waals surface area contributed by atoms with Gasteiger partial charge in [0.05, 0.1) is 0 Å². The van der Waals surface area contributed by atoms with Crippen molar-refractivity contribution in [2.45, 2.75) is 26.4 Å². The third-order valence-corrected chi connectivity index (χ3v) is 2.93. The van der Waals surface area contributed by atoms with Gasteiger partial charge in [0.1, 0.15) is 0 Å². The van der Waals surface area contributed by atoms with E-state index in [1.807, 2.05) is 30.7 Å². The summed E-state index contributed by atoms with van der Waals surface area (Å²) in [7, 11) is 0. The molecular weight excluding hydrogens is 210 g/mol. The molecule has 0 saturated heterocycles. The molecule has 0 bridgehead atoms. The van der Waals surface area contributed by atoms with E-state index in [0.717, 1.165) is 6.54 Å². The predicted octanol–water partition coefficient (Wildman–Crippen LogP) is 2.64. The van der Waals surface area contributed by atoms with Crippen LogP contribution >= 0.6 is 0 Å². The van der Waals surface area contributed by atoms with E-state index in [4.69, 9.17) is 0 Å². The Hall–Kier alpha value is -1.74. The predicted molar refractivity (Wildman–Crippen MR) is 68.5 cm³/mol. The first-order chi connectivity index (χ1) is 8.27. The summed E-state index contributed by atoms with van der Waals surface area (Å²) in [6.45, 7) is 5.08. The van der Waals surface area contributed by atoms with Crippen molar-refractivity contribution in [3.8, 4) is 0 Å². The molecule has 88 valence electrons. The first-order valence-corrected chi connectivity index (χ1v) is 5.80. The molecule has 2 aromatic heterocycles. The molecule has 2 heterocycles. The number of nitrogens with one attached hydrogen (secondary N) is 1. The first-order valence-electron chi connectivity index (χ1n) is 5.80. The summed E-state index contributed by atoms with van der Waals surface area (Å²) in [5.41, 5.74) is 3.71. The van der Waals surface area contributed by atoms with Gasteiger partial charge in [-0.05, 0) is 42.7 Å². The largest absolute Gasteiger partial charge is 0.306 e. The van der Waals surface area contributed by atoms with Crippen molar-refractivity contribution in [3.63, 3.8) is 0 Å². The minimum Gasteiger partial charge on any atom is -0.306 e. The van der Waals surface area contributed by atoms with Crippen molar-refractivity contribution >= 4 is 0 Å². The lowest BCUT2D eigenvalue weighted by atomic mass is 10.1. The van der Waals surface area contributed by atoms with Crippen molar-refractivity contribution in [2.75, 3.05) is 0 Å². The van der Waals surface area contributed by atoms with Crippen molar-refractivity contribution < 1.29 is 0 Å². The smallest absolute Gasteiger partial charge is 0.0315 e. The van der Waals surface area contributed by atoms with E-state index in [0.29, 0.717) is 6.04 Å². The van der Waals surface area contributed by atoms with Crippen LogP contribution in [0, 0.1) is 6.92 Å². The van der Waals surface area contributed by atoms with Gasteiger partial charge in [-0.3, -0.25) is 9.97 Å². The summed E-state index contributed by atoms with van der Waals surface area (Å²) in [5, 5.41) is 3.48. The third kappa shape index (κ3) is 3.11. The molecule has 0 amide bonds. The highest BCUT2D eigenvalue weighted by Crippen LogP contribution is 2.12. The van der Waals surface area contributed by atoms with Crippen molar-refractivity contribution in [1.29, 1.82) is 0 Å². The maximum Gasteiger partial charge on any atom is 0.0315 e. The van der Waals surface area contributed by atoms with E-state index in [-0.39, 0.29) is 0 Å². The van der Waals surface area contributed by atoms with Gasteiger partial charge in [-0.2, -0.15) is 0 Å². The molecule has 1 atom stereocenters. The molecule has 0 aliphatic heterocycles. The number of pyridine rings is 2. The Kier molecular flexibility index (Phi) is 3.83. The van der Waals surface area contributed by atoms with Gasteiger partial charge in [0.15, 0.2) is 0 Å². The van der Waals surface area contributed by atoms with E-state index in [1.165, 1.54) is 16.7 Å². The van der Waals surface area contributed by atoms with Gasteiger partial charge in [0.2, 0.25) is 0 Å². The molecule has 2 rings (SSSR count). The summed E-state index contributed by atoms with van der Waals surface area (Å²) in [5.74, 6) is 0. The van der Waals surface area contributed by atoms with Crippen molar-refractivity contribution in [3.05, 3.63) is 59.7 Å². The minimum atomic E-state index is 0.295. The fourth-order valence-corrected chi connectivity index (χ4v) is 1.69. The zero-order valence-corrected chi connectivity index (χ0v) is 10.2. The van der Waals surface area contributed by atoms with Crippen LogP contribution < -0.4 is 5.32 Å². The topological polar surface area (TPSA) is 37.8 Å². The quantitative estimate of drug-likeness (QED) is 0.872. The molecule has 1 N–H and O–H groups in total. The van der Waals surface area contributed by atoms with Gasteiger partial charge < -0.3 is 5.32 Å². The number of rotatable bonds is 4. The van der Waals surface area contributed by atoms with Crippen LogP contribution in [0.2, 0.25) is 0 Å². The third-order valence-electron chi connectivity index (χ3n) is 2.93. The van der Waals surface area contributed by atoms with Gasteiger partial charge in [-0.15, -0.1) is 0 Å². The summed E-state index contributed by atoms with van der Waals surface area (Å²) in [4.78, 5) is 8.27. The molecule has 0 aliphatic rings. The molecule has 0 fully saturated rings. The number of aryl methyl sites for hydroxylation is 1. The van der Waals surface area contributed by atoms with Gasteiger partial charge in [-0.1, -0.05) is 6.07 Å². The van der Waals surface area contributed by atoms with Crippen LogP contribution in [-0.2, 0) is 6.54 Å². The Labute approximate surface area is 102 Å². The van der Waals surface area contributed by atoms with Crippen LogP contribution in [0.15, 0.2) is 43.0 Å². The molecule has 17 heavy (non-hydrogen) atoms. The highest BCUT2D eigenvalue weighted by Gasteiger charge is 2.05.